The molecule has 4 rings (SSSR count). The number of hydrogen-bond acceptors (Lipinski definition) is 8. The molecule has 1 fully saturated rings. The Morgan fingerprint density at radius 2 is 1.82 bits per heavy atom. The number of hydrogen-bond donors (Lipinski definition) is 1. The fraction of sp³-hybridized carbons (Fsp3) is 0.292. The zero-order valence-electron chi connectivity index (χ0n) is 18.8. The van der Waals surface area contributed by atoms with Gasteiger partial charge in [0.2, 0.25) is 12.7 Å². The van der Waals surface area contributed by atoms with E-state index in [1.807, 2.05) is 12.1 Å². The number of imide groups is 1. The number of benzene rings is 2. The molecule has 10 heteroatoms. The molecule has 0 aromatic heterocycles. The number of amides is 3. The van der Waals surface area contributed by atoms with Crippen LogP contribution in [0.25, 0.3) is 6.08 Å². The molecule has 2 aliphatic rings. The summed E-state index contributed by atoms with van der Waals surface area (Å²) < 4.78 is 21.1. The van der Waals surface area contributed by atoms with Gasteiger partial charge in [-0.1, -0.05) is 6.07 Å². The Morgan fingerprint density at radius 3 is 2.56 bits per heavy atom. The van der Waals surface area contributed by atoms with Gasteiger partial charge in [0.05, 0.1) is 19.1 Å². The van der Waals surface area contributed by atoms with Crippen LogP contribution in [-0.4, -0.2) is 56.1 Å². The molecule has 3 amide bonds. The van der Waals surface area contributed by atoms with Gasteiger partial charge in [0.1, 0.15) is 11.5 Å². The van der Waals surface area contributed by atoms with E-state index in [-0.39, 0.29) is 43.4 Å². The normalized spacial score (nSPS) is 15.7. The topological polar surface area (TPSA) is 103 Å². The third-order valence-electron chi connectivity index (χ3n) is 5.28. The second-order valence-corrected chi connectivity index (χ2v) is 8.51. The van der Waals surface area contributed by atoms with Gasteiger partial charge in [-0.15, -0.1) is 0 Å². The van der Waals surface area contributed by atoms with E-state index in [2.05, 4.69) is 5.32 Å². The molecule has 2 aliphatic heterocycles. The van der Waals surface area contributed by atoms with Gasteiger partial charge >= 0.3 is 0 Å². The number of nitrogens with one attached hydrogen (secondary N) is 1. The Hall–Kier alpha value is -3.66. The summed E-state index contributed by atoms with van der Waals surface area (Å²) in [5, 5.41) is 2.40. The fourth-order valence-corrected chi connectivity index (χ4v) is 4.38. The van der Waals surface area contributed by atoms with Crippen molar-refractivity contribution in [2.45, 2.75) is 12.8 Å². The number of rotatable bonds is 9. The minimum Gasteiger partial charge on any atom is -0.497 e. The molecule has 0 spiro atoms. The summed E-state index contributed by atoms with van der Waals surface area (Å²) in [5.74, 6) is 2.00. The van der Waals surface area contributed by atoms with E-state index in [1.54, 1.807) is 44.6 Å². The van der Waals surface area contributed by atoms with Gasteiger partial charge in [0.15, 0.2) is 11.5 Å². The first-order valence-corrected chi connectivity index (χ1v) is 11.4. The number of carbonyl (C=O) groups is 3. The minimum absolute atomic E-state index is 0.0991. The zero-order chi connectivity index (χ0) is 24.1. The van der Waals surface area contributed by atoms with Crippen molar-refractivity contribution in [3.63, 3.8) is 0 Å². The van der Waals surface area contributed by atoms with Crippen LogP contribution in [0.2, 0.25) is 0 Å². The molecular weight excluding hydrogens is 460 g/mol. The molecule has 0 bridgehead atoms. The van der Waals surface area contributed by atoms with E-state index in [0.717, 1.165) is 27.8 Å². The van der Waals surface area contributed by atoms with Crippen molar-refractivity contribution in [1.82, 2.24) is 10.2 Å². The number of ether oxygens (including phenoxy) is 4. The minimum atomic E-state index is -0.384. The molecule has 0 aliphatic carbocycles. The van der Waals surface area contributed by atoms with Crippen LogP contribution in [0.4, 0.5) is 4.79 Å². The summed E-state index contributed by atoms with van der Waals surface area (Å²) in [5.41, 5.74) is 1.64. The highest BCUT2D eigenvalue weighted by molar-refractivity contribution is 8.18. The van der Waals surface area contributed by atoms with Crippen LogP contribution in [-0.2, 0) is 16.0 Å². The Kier molecular flexibility index (Phi) is 7.27. The van der Waals surface area contributed by atoms with E-state index in [4.69, 9.17) is 18.9 Å². The Morgan fingerprint density at radius 1 is 1.09 bits per heavy atom. The zero-order valence-corrected chi connectivity index (χ0v) is 19.6. The van der Waals surface area contributed by atoms with Crippen molar-refractivity contribution in [1.29, 1.82) is 0 Å². The number of fused-ring (bicyclic) bond motifs is 1. The van der Waals surface area contributed by atoms with Gasteiger partial charge < -0.3 is 24.3 Å². The van der Waals surface area contributed by atoms with Crippen molar-refractivity contribution in [3.05, 3.63) is 52.4 Å². The van der Waals surface area contributed by atoms with Gasteiger partial charge in [-0.25, -0.2) is 0 Å². The summed E-state index contributed by atoms with van der Waals surface area (Å²) in [6.45, 7) is 0.437. The maximum Gasteiger partial charge on any atom is 0.293 e. The van der Waals surface area contributed by atoms with E-state index in [1.165, 1.54) is 0 Å². The second kappa shape index (κ2) is 10.5. The lowest BCUT2D eigenvalue weighted by Crippen LogP contribution is -2.37. The molecule has 2 heterocycles. The molecular formula is C24H24N2O7S. The summed E-state index contributed by atoms with van der Waals surface area (Å²) in [6, 6.07) is 10.8. The monoisotopic (exact) mass is 484 g/mol. The molecule has 2 aromatic rings. The predicted molar refractivity (Wildman–Crippen MR) is 126 cm³/mol. The van der Waals surface area contributed by atoms with Crippen LogP contribution in [0.5, 0.6) is 23.0 Å². The smallest absolute Gasteiger partial charge is 0.293 e. The average Bonchev–Trinajstić information content (AvgIpc) is 3.41. The van der Waals surface area contributed by atoms with Gasteiger partial charge in [-0.05, 0) is 59.7 Å². The number of methoxy groups -OCH3 is 2. The highest BCUT2D eigenvalue weighted by atomic mass is 32.2. The first kappa shape index (κ1) is 23.5. The van der Waals surface area contributed by atoms with Crippen LogP contribution in [0, 0.1) is 0 Å². The lowest BCUT2D eigenvalue weighted by atomic mass is 10.1. The quantitative estimate of drug-likeness (QED) is 0.541. The number of carbonyl (C=O) groups excluding carboxylic acids is 3. The largest absolute Gasteiger partial charge is 0.497 e. The second-order valence-electron chi connectivity index (χ2n) is 7.52. The Balaban J connectivity index is 1.27. The van der Waals surface area contributed by atoms with Crippen molar-refractivity contribution < 1.29 is 33.3 Å². The lowest BCUT2D eigenvalue weighted by molar-refractivity contribution is -0.124. The van der Waals surface area contributed by atoms with E-state index in [9.17, 15) is 14.4 Å². The molecule has 0 atom stereocenters. The van der Waals surface area contributed by atoms with Gasteiger partial charge in [0.25, 0.3) is 11.1 Å². The van der Waals surface area contributed by atoms with Gasteiger partial charge in [0, 0.05) is 25.6 Å². The highest BCUT2D eigenvalue weighted by Gasteiger charge is 2.34. The van der Waals surface area contributed by atoms with Crippen LogP contribution in [0.15, 0.2) is 41.3 Å². The average molecular weight is 485 g/mol. The fourth-order valence-electron chi connectivity index (χ4n) is 3.51. The molecule has 34 heavy (non-hydrogen) atoms. The van der Waals surface area contributed by atoms with Crippen LogP contribution < -0.4 is 24.3 Å². The number of aryl methyl sites for hydroxylation is 1. The number of nitrogens with zero attached hydrogens (tertiary/aromatic N) is 1. The predicted octanol–water partition coefficient (Wildman–Crippen LogP) is 3.22. The highest BCUT2D eigenvalue weighted by Crippen LogP contribution is 2.36. The summed E-state index contributed by atoms with van der Waals surface area (Å²) >= 11 is 0.873. The van der Waals surface area contributed by atoms with E-state index < -0.39 is 0 Å². The SMILES string of the molecule is COc1cc(CCC(=O)NCCN2C(=O)S/C(=C\c3ccc4c(c3)OCO4)C2=O)cc(OC)c1. The molecule has 0 unspecified atom stereocenters. The van der Waals surface area contributed by atoms with Crippen molar-refractivity contribution >= 4 is 34.9 Å². The third kappa shape index (κ3) is 5.45. The van der Waals surface area contributed by atoms with Gasteiger partial charge in [-0.2, -0.15) is 0 Å². The first-order valence-electron chi connectivity index (χ1n) is 10.6. The first-order chi connectivity index (χ1) is 16.5. The van der Waals surface area contributed by atoms with Gasteiger partial charge in [-0.3, -0.25) is 19.3 Å². The molecule has 2 aromatic carbocycles. The van der Waals surface area contributed by atoms with Crippen molar-refractivity contribution in [2.24, 2.45) is 0 Å². The van der Waals surface area contributed by atoms with Crippen molar-refractivity contribution in [2.75, 3.05) is 34.1 Å². The molecule has 1 N–H and O–H groups in total. The lowest BCUT2D eigenvalue weighted by Gasteiger charge is -2.13. The molecule has 0 saturated carbocycles. The van der Waals surface area contributed by atoms with E-state index in [0.29, 0.717) is 34.3 Å². The van der Waals surface area contributed by atoms with Crippen LogP contribution in [0.3, 0.4) is 0 Å². The summed E-state index contributed by atoms with van der Waals surface area (Å²) in [4.78, 5) is 38.7. The Labute approximate surface area is 201 Å². The van der Waals surface area contributed by atoms with Crippen molar-refractivity contribution in [3.8, 4) is 23.0 Å². The van der Waals surface area contributed by atoms with Crippen LogP contribution in [0.1, 0.15) is 17.5 Å². The van der Waals surface area contributed by atoms with Crippen LogP contribution >= 0.6 is 11.8 Å². The maximum absolute atomic E-state index is 12.7. The molecule has 0 radical (unpaired) electrons. The van der Waals surface area contributed by atoms with E-state index >= 15 is 0 Å². The standard InChI is InChI=1S/C24H24N2O7S/c1-30-17-9-15(10-18(13-17)31-2)4-6-22(27)25-7-8-26-23(28)21(34-24(26)29)12-16-3-5-19-20(11-16)33-14-32-19/h3,5,9-13H,4,6-8,14H2,1-2H3,(H,25,27)/b21-12-. The summed E-state index contributed by atoms with van der Waals surface area (Å²) in [6.07, 6.45) is 2.40. The molecule has 178 valence electrons. The molecule has 1 saturated heterocycles. The molecule has 9 nitrogen and oxygen atoms in total. The third-order valence-corrected chi connectivity index (χ3v) is 6.18. The maximum atomic E-state index is 12.7. The summed E-state index contributed by atoms with van der Waals surface area (Å²) in [7, 11) is 3.14. The Bertz CT molecular complexity index is 1130. The number of thioether (sulfide) groups is 1.